The number of methoxy groups -OCH3 is 1. The number of benzene rings is 1. The van der Waals surface area contributed by atoms with Gasteiger partial charge in [0.1, 0.15) is 0 Å². The summed E-state index contributed by atoms with van der Waals surface area (Å²) in [5.41, 5.74) is 0.159. The number of hydrogen-bond acceptors (Lipinski definition) is 5. The van der Waals surface area contributed by atoms with Crippen molar-refractivity contribution in [3.8, 4) is 0 Å². The first-order valence-electron chi connectivity index (χ1n) is 7.51. The van der Waals surface area contributed by atoms with Crippen molar-refractivity contribution in [1.29, 1.82) is 0 Å². The number of ether oxygens (including phenoxy) is 1. The number of hydrazine groups is 1. The summed E-state index contributed by atoms with van der Waals surface area (Å²) in [5, 5.41) is 6.62. The molecule has 1 heterocycles. The molecule has 0 aromatic heterocycles. The highest BCUT2D eigenvalue weighted by molar-refractivity contribution is 7.90. The zero-order valence-corrected chi connectivity index (χ0v) is 15.3. The van der Waals surface area contributed by atoms with Crippen LogP contribution in [0.2, 0.25) is 0 Å². The summed E-state index contributed by atoms with van der Waals surface area (Å²) in [7, 11) is -1.90. The molecular formula is C15H21N3O4S2. The lowest BCUT2D eigenvalue weighted by Crippen LogP contribution is -2.49. The van der Waals surface area contributed by atoms with Gasteiger partial charge in [0.15, 0.2) is 14.9 Å². The quantitative estimate of drug-likeness (QED) is 0.602. The Hall–Kier alpha value is -1.71. The number of hydrogen-bond donors (Lipinski definition) is 1. The molecule has 1 aliphatic rings. The van der Waals surface area contributed by atoms with Gasteiger partial charge >= 0.3 is 0 Å². The van der Waals surface area contributed by atoms with Crippen LogP contribution < -0.4 is 5.32 Å². The first-order valence-corrected chi connectivity index (χ1v) is 9.81. The van der Waals surface area contributed by atoms with Gasteiger partial charge in [-0.3, -0.25) is 9.80 Å². The first kappa shape index (κ1) is 18.6. The van der Waals surface area contributed by atoms with Gasteiger partial charge in [-0.25, -0.2) is 13.4 Å². The Morgan fingerprint density at radius 1 is 1.29 bits per heavy atom. The third kappa shape index (κ3) is 4.22. The Bertz CT molecular complexity index is 721. The largest absolute Gasteiger partial charge is 0.383 e. The summed E-state index contributed by atoms with van der Waals surface area (Å²) in [6.07, 6.45) is 1.86. The molecule has 1 aromatic rings. The van der Waals surface area contributed by atoms with E-state index in [1.807, 2.05) is 0 Å². The zero-order valence-electron chi connectivity index (χ0n) is 13.7. The van der Waals surface area contributed by atoms with Crippen LogP contribution in [0.25, 0.3) is 0 Å². The predicted octanol–water partition coefficient (Wildman–Crippen LogP) is 0.674. The number of rotatable bonds is 5. The smallest absolute Gasteiger partial charge is 0.273 e. The van der Waals surface area contributed by atoms with Crippen molar-refractivity contribution in [3.05, 3.63) is 29.8 Å². The third-order valence-corrected chi connectivity index (χ3v) is 5.11. The minimum atomic E-state index is -3.49. The van der Waals surface area contributed by atoms with Crippen LogP contribution >= 0.6 is 12.2 Å². The molecule has 0 aliphatic carbocycles. The maximum Gasteiger partial charge on any atom is 0.273 e. The van der Waals surface area contributed by atoms with Gasteiger partial charge in [-0.05, 0) is 30.8 Å². The van der Waals surface area contributed by atoms with E-state index in [1.54, 1.807) is 24.3 Å². The molecule has 0 spiro atoms. The van der Waals surface area contributed by atoms with Gasteiger partial charge in [-0.15, -0.1) is 0 Å². The van der Waals surface area contributed by atoms with Gasteiger partial charge in [0.25, 0.3) is 5.91 Å². The van der Waals surface area contributed by atoms with E-state index in [0.717, 1.165) is 12.7 Å². The van der Waals surface area contributed by atoms with Crippen LogP contribution in [0.4, 0.5) is 0 Å². The van der Waals surface area contributed by atoms with Crippen molar-refractivity contribution < 1.29 is 17.9 Å². The molecule has 132 valence electrons. The lowest BCUT2D eigenvalue weighted by atomic mass is 10.2. The highest BCUT2D eigenvalue weighted by Crippen LogP contribution is 2.21. The topological polar surface area (TPSA) is 79.0 Å². The van der Waals surface area contributed by atoms with Gasteiger partial charge in [-0.1, -0.05) is 12.1 Å². The minimum Gasteiger partial charge on any atom is -0.383 e. The lowest BCUT2D eigenvalue weighted by Gasteiger charge is -2.30. The summed E-state index contributed by atoms with van der Waals surface area (Å²) in [4.78, 5) is 12.9. The summed E-state index contributed by atoms with van der Waals surface area (Å²) < 4.78 is 28.8. The van der Waals surface area contributed by atoms with Crippen LogP contribution in [-0.4, -0.2) is 69.1 Å². The standard InChI is InChI=1S/C15H21N3O4S2/c1-22-11-8-16-15(23)18-10-5-9-17(18)14(19)12-6-3-4-7-13(12)24(2,20)21/h3-4,6-7H,5,8-11H2,1-2H3,(H,16,23). The van der Waals surface area contributed by atoms with E-state index in [-0.39, 0.29) is 16.4 Å². The molecule has 1 aliphatic heterocycles. The second kappa shape index (κ2) is 7.91. The van der Waals surface area contributed by atoms with Gasteiger partial charge in [-0.2, -0.15) is 0 Å². The Morgan fingerprint density at radius 3 is 2.62 bits per heavy atom. The van der Waals surface area contributed by atoms with Crippen molar-refractivity contribution in [3.63, 3.8) is 0 Å². The number of amides is 1. The van der Waals surface area contributed by atoms with E-state index in [2.05, 4.69) is 5.32 Å². The Labute approximate surface area is 147 Å². The van der Waals surface area contributed by atoms with Gasteiger partial charge in [0.2, 0.25) is 0 Å². The van der Waals surface area contributed by atoms with E-state index in [1.165, 1.54) is 17.1 Å². The molecule has 7 nitrogen and oxygen atoms in total. The monoisotopic (exact) mass is 371 g/mol. The van der Waals surface area contributed by atoms with E-state index in [0.29, 0.717) is 31.4 Å². The molecule has 2 rings (SSSR count). The predicted molar refractivity (Wildman–Crippen MR) is 94.4 cm³/mol. The SMILES string of the molecule is COCCNC(=S)N1CCCN1C(=O)c1ccccc1S(C)(=O)=O. The number of thiocarbonyl (C=S) groups is 1. The van der Waals surface area contributed by atoms with E-state index < -0.39 is 9.84 Å². The second-order valence-electron chi connectivity index (χ2n) is 5.40. The molecule has 0 saturated carbocycles. The summed E-state index contributed by atoms with van der Waals surface area (Å²) in [6.45, 7) is 2.13. The van der Waals surface area contributed by atoms with Crippen LogP contribution in [-0.2, 0) is 14.6 Å². The molecule has 0 bridgehead atoms. The zero-order chi connectivity index (χ0) is 17.7. The van der Waals surface area contributed by atoms with E-state index in [9.17, 15) is 13.2 Å². The maximum absolute atomic E-state index is 12.9. The fourth-order valence-electron chi connectivity index (χ4n) is 2.49. The van der Waals surface area contributed by atoms with Crippen LogP contribution in [0.1, 0.15) is 16.8 Å². The van der Waals surface area contributed by atoms with E-state index >= 15 is 0 Å². The normalized spacial score (nSPS) is 14.8. The van der Waals surface area contributed by atoms with Gasteiger partial charge < -0.3 is 10.1 Å². The fourth-order valence-corrected chi connectivity index (χ4v) is 3.66. The number of carbonyl (C=O) groups is 1. The van der Waals surface area contributed by atoms with Gasteiger partial charge in [0, 0.05) is 33.0 Å². The molecule has 0 atom stereocenters. The second-order valence-corrected chi connectivity index (χ2v) is 7.77. The van der Waals surface area contributed by atoms with Crippen molar-refractivity contribution in [2.24, 2.45) is 0 Å². The highest BCUT2D eigenvalue weighted by atomic mass is 32.2. The molecule has 0 radical (unpaired) electrons. The van der Waals surface area contributed by atoms with Crippen molar-refractivity contribution in [2.45, 2.75) is 11.3 Å². The Balaban J connectivity index is 2.22. The van der Waals surface area contributed by atoms with Crippen LogP contribution in [0.5, 0.6) is 0 Å². The molecule has 1 saturated heterocycles. The van der Waals surface area contributed by atoms with Crippen LogP contribution in [0, 0.1) is 0 Å². The Morgan fingerprint density at radius 2 is 1.96 bits per heavy atom. The molecule has 0 unspecified atom stereocenters. The summed E-state index contributed by atoms with van der Waals surface area (Å²) in [6, 6.07) is 6.22. The average molecular weight is 371 g/mol. The first-order chi connectivity index (χ1) is 11.4. The number of sulfone groups is 1. The summed E-state index contributed by atoms with van der Waals surface area (Å²) in [5.74, 6) is -0.371. The molecular weight excluding hydrogens is 350 g/mol. The summed E-state index contributed by atoms with van der Waals surface area (Å²) >= 11 is 5.33. The highest BCUT2D eigenvalue weighted by Gasteiger charge is 2.31. The van der Waals surface area contributed by atoms with Crippen molar-refractivity contribution in [1.82, 2.24) is 15.3 Å². The Kier molecular flexibility index (Phi) is 6.14. The molecule has 9 heteroatoms. The molecule has 1 N–H and O–H groups in total. The van der Waals surface area contributed by atoms with E-state index in [4.69, 9.17) is 17.0 Å². The number of nitrogens with zero attached hydrogens (tertiary/aromatic N) is 2. The third-order valence-electron chi connectivity index (χ3n) is 3.60. The lowest BCUT2D eigenvalue weighted by molar-refractivity contribution is 0.0486. The fraction of sp³-hybridized carbons (Fsp3) is 0.467. The average Bonchev–Trinajstić information content (AvgIpc) is 3.03. The van der Waals surface area contributed by atoms with Gasteiger partial charge in [0.05, 0.1) is 17.1 Å². The number of nitrogens with one attached hydrogen (secondary N) is 1. The molecule has 1 amide bonds. The molecule has 1 fully saturated rings. The molecule has 1 aromatic carbocycles. The maximum atomic E-state index is 12.9. The van der Waals surface area contributed by atoms with Crippen molar-refractivity contribution in [2.75, 3.05) is 39.6 Å². The minimum absolute atomic E-state index is 0.0279. The molecule has 24 heavy (non-hydrogen) atoms. The van der Waals surface area contributed by atoms with Crippen LogP contribution in [0.3, 0.4) is 0 Å². The number of carbonyl (C=O) groups excluding carboxylic acids is 1. The van der Waals surface area contributed by atoms with Crippen LogP contribution in [0.15, 0.2) is 29.2 Å². The van der Waals surface area contributed by atoms with Crippen molar-refractivity contribution >= 4 is 33.1 Å².